The number of thioether (sulfide) groups is 1. The van der Waals surface area contributed by atoms with Gasteiger partial charge in [0.25, 0.3) is 0 Å². The Morgan fingerprint density at radius 1 is 1.21 bits per heavy atom. The lowest BCUT2D eigenvalue weighted by Crippen LogP contribution is -2.31. The largest absolute Gasteiger partial charge is 0.497 e. The van der Waals surface area contributed by atoms with Crippen LogP contribution in [0.2, 0.25) is 0 Å². The van der Waals surface area contributed by atoms with Crippen molar-refractivity contribution >= 4 is 23.6 Å². The SMILES string of the molecule is COc1ccc([C@H]2CC(=O)NC(SCC(=O)OCc3ccccc3)=C2C#N)cc1. The van der Waals surface area contributed by atoms with Crippen molar-refractivity contribution in [3.63, 3.8) is 0 Å². The minimum absolute atomic E-state index is 0.00294. The molecule has 2 aromatic carbocycles. The first-order valence-corrected chi connectivity index (χ1v) is 9.99. The number of ether oxygens (including phenoxy) is 2. The van der Waals surface area contributed by atoms with Crippen LogP contribution in [-0.4, -0.2) is 24.7 Å². The number of carbonyl (C=O) groups is 2. The van der Waals surface area contributed by atoms with Crippen LogP contribution in [0, 0.1) is 11.3 Å². The molecule has 0 aromatic heterocycles. The first-order valence-electron chi connectivity index (χ1n) is 9.01. The lowest BCUT2D eigenvalue weighted by molar-refractivity contribution is -0.141. The summed E-state index contributed by atoms with van der Waals surface area (Å²) in [5.74, 6) is -0.257. The summed E-state index contributed by atoms with van der Waals surface area (Å²) in [6, 6.07) is 18.9. The molecule has 1 heterocycles. The van der Waals surface area contributed by atoms with E-state index in [2.05, 4.69) is 11.4 Å². The summed E-state index contributed by atoms with van der Waals surface area (Å²) in [6.45, 7) is 0.186. The molecule has 6 nitrogen and oxygen atoms in total. The maximum atomic E-state index is 12.2. The molecule has 0 saturated carbocycles. The van der Waals surface area contributed by atoms with Crippen LogP contribution in [0.4, 0.5) is 0 Å². The van der Waals surface area contributed by atoms with E-state index in [4.69, 9.17) is 9.47 Å². The molecule has 0 spiro atoms. The highest BCUT2D eigenvalue weighted by atomic mass is 32.2. The Morgan fingerprint density at radius 3 is 2.59 bits per heavy atom. The molecule has 1 amide bonds. The van der Waals surface area contributed by atoms with Crippen LogP contribution in [0.1, 0.15) is 23.5 Å². The average Bonchev–Trinajstić information content (AvgIpc) is 2.76. The Hall–Kier alpha value is -3.24. The summed E-state index contributed by atoms with van der Waals surface area (Å²) in [5, 5.41) is 12.8. The predicted octanol–water partition coefficient (Wildman–Crippen LogP) is 3.51. The fourth-order valence-corrected chi connectivity index (χ4v) is 3.84. The molecule has 3 rings (SSSR count). The third-order valence-corrected chi connectivity index (χ3v) is 5.44. The van der Waals surface area contributed by atoms with E-state index in [1.165, 1.54) is 0 Å². The van der Waals surface area contributed by atoms with Crippen molar-refractivity contribution in [2.45, 2.75) is 18.9 Å². The number of carbonyl (C=O) groups excluding carboxylic acids is 2. The quantitative estimate of drug-likeness (QED) is 0.706. The monoisotopic (exact) mass is 408 g/mol. The molecule has 1 atom stereocenters. The number of benzene rings is 2. The number of methoxy groups -OCH3 is 1. The zero-order valence-corrected chi connectivity index (χ0v) is 16.7. The van der Waals surface area contributed by atoms with Gasteiger partial charge in [-0.05, 0) is 23.3 Å². The lowest BCUT2D eigenvalue weighted by Gasteiger charge is -2.25. The molecular weight excluding hydrogens is 388 g/mol. The van der Waals surface area contributed by atoms with Gasteiger partial charge in [-0.2, -0.15) is 5.26 Å². The number of allylic oxidation sites excluding steroid dienone is 1. The zero-order chi connectivity index (χ0) is 20.6. The molecule has 0 unspecified atom stereocenters. The fourth-order valence-electron chi connectivity index (χ4n) is 2.96. The third kappa shape index (κ3) is 5.39. The molecule has 1 aliphatic rings. The highest BCUT2D eigenvalue weighted by Crippen LogP contribution is 2.36. The Balaban J connectivity index is 1.68. The highest BCUT2D eigenvalue weighted by Gasteiger charge is 2.30. The van der Waals surface area contributed by atoms with Gasteiger partial charge in [0.15, 0.2) is 0 Å². The summed E-state index contributed by atoms with van der Waals surface area (Å²) in [6.07, 6.45) is 0.178. The second-order valence-electron chi connectivity index (χ2n) is 6.37. The van der Waals surface area contributed by atoms with Crippen LogP contribution in [0.5, 0.6) is 5.75 Å². The van der Waals surface area contributed by atoms with Gasteiger partial charge in [0.05, 0.1) is 29.5 Å². The van der Waals surface area contributed by atoms with Crippen LogP contribution in [-0.2, 0) is 20.9 Å². The van der Waals surface area contributed by atoms with Gasteiger partial charge in [0, 0.05) is 12.3 Å². The maximum absolute atomic E-state index is 12.2. The van der Waals surface area contributed by atoms with Crippen molar-refractivity contribution in [2.24, 2.45) is 0 Å². The number of nitrogens with zero attached hydrogens (tertiary/aromatic N) is 1. The van der Waals surface area contributed by atoms with Crippen molar-refractivity contribution in [3.05, 3.63) is 76.3 Å². The number of esters is 1. The summed E-state index contributed by atoms with van der Waals surface area (Å²) in [5.41, 5.74) is 2.19. The Labute approximate surface area is 173 Å². The van der Waals surface area contributed by atoms with Crippen molar-refractivity contribution < 1.29 is 19.1 Å². The summed E-state index contributed by atoms with van der Waals surface area (Å²) >= 11 is 1.11. The second-order valence-corrected chi connectivity index (χ2v) is 7.35. The van der Waals surface area contributed by atoms with Gasteiger partial charge in [-0.3, -0.25) is 9.59 Å². The van der Waals surface area contributed by atoms with E-state index in [1.807, 2.05) is 42.5 Å². The van der Waals surface area contributed by atoms with Crippen LogP contribution in [0.15, 0.2) is 65.2 Å². The topological polar surface area (TPSA) is 88.4 Å². The van der Waals surface area contributed by atoms with Crippen LogP contribution in [0.25, 0.3) is 0 Å². The molecule has 2 aromatic rings. The number of amides is 1. The van der Waals surface area contributed by atoms with Gasteiger partial charge in [0.1, 0.15) is 12.4 Å². The first kappa shape index (κ1) is 20.5. The standard InChI is InChI=1S/C22H20N2O4S/c1-27-17-9-7-16(8-10-17)18-11-20(25)24-22(19(18)12-23)29-14-21(26)28-13-15-5-3-2-4-6-15/h2-10,18H,11,13-14H2,1H3,(H,24,25)/t18-/m1/s1. The molecule has 0 radical (unpaired) electrons. The summed E-state index contributed by atoms with van der Waals surface area (Å²) in [4.78, 5) is 24.3. The lowest BCUT2D eigenvalue weighted by atomic mass is 9.87. The summed E-state index contributed by atoms with van der Waals surface area (Å²) in [7, 11) is 1.58. The average molecular weight is 408 g/mol. The maximum Gasteiger partial charge on any atom is 0.316 e. The molecule has 0 aliphatic carbocycles. The van der Waals surface area contributed by atoms with Gasteiger partial charge in [-0.15, -0.1) is 0 Å². The van der Waals surface area contributed by atoms with Gasteiger partial charge < -0.3 is 14.8 Å². The summed E-state index contributed by atoms with van der Waals surface area (Å²) < 4.78 is 10.4. The smallest absolute Gasteiger partial charge is 0.316 e. The van der Waals surface area contributed by atoms with Gasteiger partial charge in [0.2, 0.25) is 5.91 Å². The van der Waals surface area contributed by atoms with E-state index in [9.17, 15) is 14.9 Å². The number of hydrogen-bond donors (Lipinski definition) is 1. The molecule has 0 fully saturated rings. The molecule has 1 N–H and O–H groups in total. The zero-order valence-electron chi connectivity index (χ0n) is 15.9. The van der Waals surface area contributed by atoms with E-state index in [0.717, 1.165) is 22.9 Å². The van der Waals surface area contributed by atoms with Gasteiger partial charge in [-0.1, -0.05) is 54.2 Å². The number of nitriles is 1. The molecule has 29 heavy (non-hydrogen) atoms. The molecule has 0 bridgehead atoms. The predicted molar refractivity (Wildman–Crippen MR) is 110 cm³/mol. The minimum atomic E-state index is -0.413. The van der Waals surface area contributed by atoms with E-state index in [-0.39, 0.29) is 30.6 Å². The Morgan fingerprint density at radius 2 is 1.93 bits per heavy atom. The minimum Gasteiger partial charge on any atom is -0.497 e. The Bertz CT molecular complexity index is 949. The van der Waals surface area contributed by atoms with Gasteiger partial charge >= 0.3 is 5.97 Å². The van der Waals surface area contributed by atoms with E-state index in [0.29, 0.717) is 16.4 Å². The van der Waals surface area contributed by atoms with Crippen LogP contribution >= 0.6 is 11.8 Å². The first-order chi connectivity index (χ1) is 14.1. The fraction of sp³-hybridized carbons (Fsp3) is 0.227. The van der Waals surface area contributed by atoms with Crippen molar-refractivity contribution in [3.8, 4) is 11.8 Å². The van der Waals surface area contributed by atoms with Crippen LogP contribution in [0.3, 0.4) is 0 Å². The van der Waals surface area contributed by atoms with Crippen molar-refractivity contribution in [1.82, 2.24) is 5.32 Å². The number of hydrogen-bond acceptors (Lipinski definition) is 6. The normalized spacial score (nSPS) is 16.0. The highest BCUT2D eigenvalue weighted by molar-refractivity contribution is 8.03. The number of nitrogens with one attached hydrogen (secondary N) is 1. The van der Waals surface area contributed by atoms with Crippen molar-refractivity contribution in [2.75, 3.05) is 12.9 Å². The van der Waals surface area contributed by atoms with E-state index < -0.39 is 5.97 Å². The third-order valence-electron chi connectivity index (χ3n) is 4.45. The molecule has 148 valence electrons. The van der Waals surface area contributed by atoms with Crippen LogP contribution < -0.4 is 10.1 Å². The molecular formula is C22H20N2O4S. The van der Waals surface area contributed by atoms with E-state index >= 15 is 0 Å². The molecule has 1 aliphatic heterocycles. The molecule has 7 heteroatoms. The van der Waals surface area contributed by atoms with E-state index in [1.54, 1.807) is 19.2 Å². The van der Waals surface area contributed by atoms with Gasteiger partial charge in [-0.25, -0.2) is 0 Å². The second kappa shape index (κ2) is 9.80. The molecule has 0 saturated heterocycles. The number of rotatable bonds is 7. The van der Waals surface area contributed by atoms with Crippen molar-refractivity contribution in [1.29, 1.82) is 5.26 Å². The Kier molecular flexibility index (Phi) is 6.93.